The Morgan fingerprint density at radius 3 is 2.50 bits per heavy atom. The van der Waals surface area contributed by atoms with Crippen LogP contribution in [0.25, 0.3) is 10.6 Å². The Balaban J connectivity index is 1.72. The number of thiazole rings is 1. The number of anilines is 1. The normalized spacial score (nSPS) is 10.4. The highest BCUT2D eigenvalue weighted by Gasteiger charge is 2.17. The van der Waals surface area contributed by atoms with Crippen molar-refractivity contribution in [2.75, 3.05) is 26.1 Å². The van der Waals surface area contributed by atoms with Crippen LogP contribution < -0.4 is 14.8 Å². The van der Waals surface area contributed by atoms with Crippen molar-refractivity contribution >= 4 is 28.9 Å². The Morgan fingerprint density at radius 2 is 1.83 bits per heavy atom. The lowest BCUT2D eigenvalue weighted by molar-refractivity contribution is 0.0505. The van der Waals surface area contributed by atoms with Gasteiger partial charge in [-0.05, 0) is 42.8 Å². The molecule has 0 unspecified atom stereocenters. The zero-order valence-electron chi connectivity index (χ0n) is 16.9. The van der Waals surface area contributed by atoms with Crippen molar-refractivity contribution in [3.63, 3.8) is 0 Å². The van der Waals surface area contributed by atoms with Crippen LogP contribution in [0.2, 0.25) is 0 Å². The van der Waals surface area contributed by atoms with Gasteiger partial charge in [0.1, 0.15) is 10.7 Å². The quantitative estimate of drug-likeness (QED) is 0.528. The highest BCUT2D eigenvalue weighted by Crippen LogP contribution is 2.39. The summed E-state index contributed by atoms with van der Waals surface area (Å²) >= 11 is 1.34. The molecule has 0 aliphatic rings. The Hall–Kier alpha value is -3.39. The van der Waals surface area contributed by atoms with E-state index in [4.69, 9.17) is 14.2 Å². The second-order valence-electron chi connectivity index (χ2n) is 6.25. The Kier molecular flexibility index (Phi) is 7.03. The SMILES string of the molecule is CCCOC(=O)c1ccc(NC(=O)c2csc(-c3cccc(OC)c3OC)n2)cc1. The fourth-order valence-corrected chi connectivity index (χ4v) is 3.54. The number of hydrogen-bond donors (Lipinski definition) is 1. The third-order valence-electron chi connectivity index (χ3n) is 4.19. The molecule has 1 N–H and O–H groups in total. The summed E-state index contributed by atoms with van der Waals surface area (Å²) in [7, 11) is 3.13. The van der Waals surface area contributed by atoms with Crippen molar-refractivity contribution in [3.8, 4) is 22.1 Å². The van der Waals surface area contributed by atoms with Gasteiger partial charge in [0.15, 0.2) is 11.5 Å². The fraction of sp³-hybridized carbons (Fsp3) is 0.227. The number of methoxy groups -OCH3 is 2. The van der Waals surface area contributed by atoms with E-state index in [-0.39, 0.29) is 17.6 Å². The molecular weight excluding hydrogens is 404 g/mol. The first-order valence-electron chi connectivity index (χ1n) is 9.32. The first-order chi connectivity index (χ1) is 14.6. The van der Waals surface area contributed by atoms with Crippen LogP contribution in [-0.2, 0) is 4.74 Å². The zero-order chi connectivity index (χ0) is 21.5. The molecule has 8 heteroatoms. The monoisotopic (exact) mass is 426 g/mol. The third-order valence-corrected chi connectivity index (χ3v) is 5.06. The van der Waals surface area contributed by atoms with Crippen LogP contribution in [0.5, 0.6) is 11.5 Å². The largest absolute Gasteiger partial charge is 0.493 e. The third kappa shape index (κ3) is 4.77. The number of amides is 1. The van der Waals surface area contributed by atoms with Gasteiger partial charge < -0.3 is 19.5 Å². The summed E-state index contributed by atoms with van der Waals surface area (Å²) in [6.07, 6.45) is 0.761. The Morgan fingerprint density at radius 1 is 1.07 bits per heavy atom. The minimum Gasteiger partial charge on any atom is -0.493 e. The van der Waals surface area contributed by atoms with E-state index in [2.05, 4.69) is 10.3 Å². The maximum absolute atomic E-state index is 12.6. The Labute approximate surface area is 178 Å². The molecule has 3 rings (SSSR count). The van der Waals surface area contributed by atoms with E-state index in [9.17, 15) is 9.59 Å². The molecule has 3 aromatic rings. The zero-order valence-corrected chi connectivity index (χ0v) is 17.7. The van der Waals surface area contributed by atoms with Crippen LogP contribution in [-0.4, -0.2) is 37.7 Å². The van der Waals surface area contributed by atoms with Gasteiger partial charge in [-0.15, -0.1) is 11.3 Å². The maximum Gasteiger partial charge on any atom is 0.338 e. The number of carbonyl (C=O) groups excluding carboxylic acids is 2. The number of carbonyl (C=O) groups is 2. The van der Waals surface area contributed by atoms with Crippen LogP contribution in [0.4, 0.5) is 5.69 Å². The number of aromatic nitrogens is 1. The van der Waals surface area contributed by atoms with Gasteiger partial charge in [0.05, 0.1) is 32.0 Å². The molecule has 1 heterocycles. The lowest BCUT2D eigenvalue weighted by Crippen LogP contribution is -2.12. The smallest absolute Gasteiger partial charge is 0.338 e. The minimum absolute atomic E-state index is 0.284. The first-order valence-corrected chi connectivity index (χ1v) is 10.2. The van der Waals surface area contributed by atoms with Crippen molar-refractivity contribution in [3.05, 3.63) is 59.1 Å². The van der Waals surface area contributed by atoms with E-state index in [1.807, 2.05) is 19.1 Å². The van der Waals surface area contributed by atoms with Crippen LogP contribution in [0, 0.1) is 0 Å². The van der Waals surface area contributed by atoms with Crippen molar-refractivity contribution in [2.45, 2.75) is 13.3 Å². The number of benzene rings is 2. The molecule has 0 spiro atoms. The van der Waals surface area contributed by atoms with Gasteiger partial charge in [0, 0.05) is 11.1 Å². The summed E-state index contributed by atoms with van der Waals surface area (Å²) in [6.45, 7) is 2.31. The number of esters is 1. The van der Waals surface area contributed by atoms with Crippen molar-refractivity contribution in [1.29, 1.82) is 0 Å². The summed E-state index contributed by atoms with van der Waals surface area (Å²) in [5, 5.41) is 5.10. The van der Waals surface area contributed by atoms with Crippen molar-refractivity contribution in [2.24, 2.45) is 0 Å². The molecule has 0 fully saturated rings. The molecular formula is C22H22N2O5S. The van der Waals surface area contributed by atoms with Gasteiger partial charge >= 0.3 is 5.97 Å². The van der Waals surface area contributed by atoms with E-state index >= 15 is 0 Å². The van der Waals surface area contributed by atoms with Crippen molar-refractivity contribution in [1.82, 2.24) is 4.98 Å². The summed E-state index contributed by atoms with van der Waals surface area (Å²) < 4.78 is 15.9. The lowest BCUT2D eigenvalue weighted by atomic mass is 10.2. The van der Waals surface area contributed by atoms with Gasteiger partial charge in [-0.3, -0.25) is 4.79 Å². The highest BCUT2D eigenvalue weighted by molar-refractivity contribution is 7.13. The van der Waals surface area contributed by atoms with Crippen molar-refractivity contribution < 1.29 is 23.8 Å². The average Bonchev–Trinajstić information content (AvgIpc) is 3.27. The Bertz CT molecular complexity index is 1030. The fourth-order valence-electron chi connectivity index (χ4n) is 2.72. The second-order valence-corrected chi connectivity index (χ2v) is 7.10. The first kappa shape index (κ1) is 21.3. The number of nitrogens with one attached hydrogen (secondary N) is 1. The van der Waals surface area contributed by atoms with E-state index in [0.29, 0.717) is 34.4 Å². The predicted octanol–water partition coefficient (Wildman–Crippen LogP) is 4.65. The van der Waals surface area contributed by atoms with Crippen LogP contribution in [0.1, 0.15) is 34.2 Å². The van der Waals surface area contributed by atoms with Crippen LogP contribution in [0.15, 0.2) is 47.8 Å². The molecule has 30 heavy (non-hydrogen) atoms. The van der Waals surface area contributed by atoms with E-state index in [1.165, 1.54) is 11.3 Å². The number of para-hydroxylation sites is 1. The predicted molar refractivity (Wildman–Crippen MR) is 116 cm³/mol. The topological polar surface area (TPSA) is 86.8 Å². The summed E-state index contributed by atoms with van der Waals surface area (Å²) in [6, 6.07) is 12.0. The van der Waals surface area contributed by atoms with E-state index < -0.39 is 0 Å². The second kappa shape index (κ2) is 9.89. The lowest BCUT2D eigenvalue weighted by Gasteiger charge is -2.10. The standard InChI is InChI=1S/C22H22N2O5S/c1-4-12-29-22(26)14-8-10-15(11-9-14)23-20(25)17-13-30-21(24-17)16-6-5-7-18(27-2)19(16)28-3/h5-11,13H,4,12H2,1-3H3,(H,23,25). The molecule has 1 amide bonds. The van der Waals surface area contributed by atoms with Crippen LogP contribution in [0.3, 0.4) is 0 Å². The highest BCUT2D eigenvalue weighted by atomic mass is 32.1. The van der Waals surface area contributed by atoms with Gasteiger partial charge in [-0.25, -0.2) is 9.78 Å². The molecule has 0 saturated carbocycles. The van der Waals surface area contributed by atoms with Gasteiger partial charge in [-0.2, -0.15) is 0 Å². The van der Waals surface area contributed by atoms with Gasteiger partial charge in [0.25, 0.3) is 5.91 Å². The minimum atomic E-state index is -0.383. The number of hydrogen-bond acceptors (Lipinski definition) is 7. The molecule has 2 aromatic carbocycles. The molecule has 0 bridgehead atoms. The number of rotatable bonds is 8. The number of nitrogens with zero attached hydrogens (tertiary/aromatic N) is 1. The van der Waals surface area contributed by atoms with Gasteiger partial charge in [0.2, 0.25) is 0 Å². The molecule has 0 aliphatic heterocycles. The molecule has 1 aromatic heterocycles. The van der Waals surface area contributed by atoms with E-state index in [1.54, 1.807) is 49.9 Å². The molecule has 0 aliphatic carbocycles. The molecule has 0 radical (unpaired) electrons. The molecule has 7 nitrogen and oxygen atoms in total. The van der Waals surface area contributed by atoms with Gasteiger partial charge in [-0.1, -0.05) is 13.0 Å². The molecule has 0 atom stereocenters. The number of ether oxygens (including phenoxy) is 3. The van der Waals surface area contributed by atoms with Crippen LogP contribution >= 0.6 is 11.3 Å². The molecule has 0 saturated heterocycles. The summed E-state index contributed by atoms with van der Waals surface area (Å²) in [5.41, 5.74) is 2.02. The average molecular weight is 426 g/mol. The van der Waals surface area contributed by atoms with E-state index in [0.717, 1.165) is 12.0 Å². The summed E-state index contributed by atoms with van der Waals surface area (Å²) in [5.74, 6) is 0.424. The summed E-state index contributed by atoms with van der Waals surface area (Å²) in [4.78, 5) is 28.9. The maximum atomic E-state index is 12.6. The molecule has 156 valence electrons.